The van der Waals surface area contributed by atoms with Crippen LogP contribution >= 0.6 is 22.9 Å². The van der Waals surface area contributed by atoms with Crippen molar-refractivity contribution in [3.63, 3.8) is 0 Å². The summed E-state index contributed by atoms with van der Waals surface area (Å²) in [6.07, 6.45) is 1.31. The molecule has 1 N–H and O–H groups in total. The minimum Gasteiger partial charge on any atom is -0.484 e. The van der Waals surface area contributed by atoms with Crippen LogP contribution in [0.25, 0.3) is 16.0 Å². The predicted molar refractivity (Wildman–Crippen MR) is 117 cm³/mol. The molecule has 154 valence electrons. The van der Waals surface area contributed by atoms with E-state index in [4.69, 9.17) is 21.1 Å². The lowest BCUT2D eigenvalue weighted by Crippen LogP contribution is -2.07. The van der Waals surface area contributed by atoms with E-state index in [0.29, 0.717) is 15.6 Å². The van der Waals surface area contributed by atoms with E-state index in [1.165, 1.54) is 18.4 Å². The van der Waals surface area contributed by atoms with Crippen molar-refractivity contribution in [3.8, 4) is 10.8 Å². The highest BCUT2D eigenvalue weighted by Crippen LogP contribution is 2.37. The van der Waals surface area contributed by atoms with Gasteiger partial charge in [0.2, 0.25) is 0 Å². The molecule has 0 aliphatic carbocycles. The number of nitrogens with zero attached hydrogens (tertiary/aromatic N) is 2. The van der Waals surface area contributed by atoms with Crippen molar-refractivity contribution in [2.75, 3.05) is 7.11 Å². The lowest BCUT2D eigenvalue weighted by atomic mass is 10.1. The molecule has 2 aromatic carbocycles. The van der Waals surface area contributed by atoms with E-state index in [0.717, 1.165) is 27.2 Å². The van der Waals surface area contributed by atoms with Crippen LogP contribution in [-0.2, 0) is 11.3 Å². The van der Waals surface area contributed by atoms with Crippen LogP contribution in [0.15, 0.2) is 54.9 Å². The molecule has 0 aliphatic rings. The van der Waals surface area contributed by atoms with Gasteiger partial charge in [0.25, 0.3) is 0 Å². The summed E-state index contributed by atoms with van der Waals surface area (Å²) in [5, 5.41) is 10.8. The first-order chi connectivity index (χ1) is 14.5. The summed E-state index contributed by atoms with van der Waals surface area (Å²) in [6.45, 7) is 1.81. The minimum absolute atomic E-state index is 0.0668. The maximum absolute atomic E-state index is 12.4. The molecule has 0 saturated carbocycles. The van der Waals surface area contributed by atoms with Gasteiger partial charge in [-0.3, -0.25) is 4.57 Å². The molecule has 0 bridgehead atoms. The van der Waals surface area contributed by atoms with Crippen LogP contribution in [0, 0.1) is 0 Å². The van der Waals surface area contributed by atoms with Crippen LogP contribution in [0.2, 0.25) is 5.02 Å². The molecule has 6 nitrogen and oxygen atoms in total. The zero-order valence-electron chi connectivity index (χ0n) is 16.3. The Morgan fingerprint density at radius 1 is 1.27 bits per heavy atom. The van der Waals surface area contributed by atoms with E-state index in [-0.39, 0.29) is 12.7 Å². The van der Waals surface area contributed by atoms with E-state index in [9.17, 15) is 9.90 Å². The fraction of sp³-hybridized carbons (Fsp3) is 0.182. The first-order valence-electron chi connectivity index (χ1n) is 9.22. The van der Waals surface area contributed by atoms with Crippen molar-refractivity contribution in [1.29, 1.82) is 0 Å². The molecule has 2 heterocycles. The summed E-state index contributed by atoms with van der Waals surface area (Å²) in [7, 11) is 1.34. The molecule has 4 aromatic rings. The lowest BCUT2D eigenvalue weighted by molar-refractivity contribution is 0.0600. The van der Waals surface area contributed by atoms with Gasteiger partial charge in [0.15, 0.2) is 4.88 Å². The van der Waals surface area contributed by atoms with E-state index < -0.39 is 5.97 Å². The monoisotopic (exact) mass is 442 g/mol. The van der Waals surface area contributed by atoms with Crippen molar-refractivity contribution in [2.24, 2.45) is 0 Å². The fourth-order valence-corrected chi connectivity index (χ4v) is 4.47. The standard InChI is InChI=1S/C22H19ClN2O4S/c1-13(15-5-3-4-6-16(15)23)29-19-10-20(30-21(19)22(27)28-2)25-12-24-17-8-7-14(11-26)9-18(17)25/h3-10,12-13,26H,11H2,1-2H3/t13-/m1/s1. The minimum atomic E-state index is -0.479. The highest BCUT2D eigenvalue weighted by molar-refractivity contribution is 7.16. The van der Waals surface area contributed by atoms with Gasteiger partial charge in [-0.1, -0.05) is 35.9 Å². The Kier molecular flexibility index (Phi) is 5.76. The van der Waals surface area contributed by atoms with Crippen LogP contribution in [-0.4, -0.2) is 27.7 Å². The van der Waals surface area contributed by atoms with Gasteiger partial charge in [-0.25, -0.2) is 9.78 Å². The Labute approximate surface area is 182 Å². The summed E-state index contributed by atoms with van der Waals surface area (Å²) in [5.41, 5.74) is 3.21. The highest BCUT2D eigenvalue weighted by atomic mass is 35.5. The molecule has 2 aromatic heterocycles. The van der Waals surface area contributed by atoms with Gasteiger partial charge in [-0.2, -0.15) is 0 Å². The molecule has 30 heavy (non-hydrogen) atoms. The number of carbonyl (C=O) groups excluding carboxylic acids is 1. The average Bonchev–Trinajstić information content (AvgIpc) is 3.36. The molecular weight excluding hydrogens is 424 g/mol. The number of aliphatic hydroxyl groups excluding tert-OH is 1. The number of aromatic nitrogens is 2. The van der Waals surface area contributed by atoms with Crippen molar-refractivity contribution in [2.45, 2.75) is 19.6 Å². The van der Waals surface area contributed by atoms with Crippen molar-refractivity contribution >= 4 is 39.9 Å². The summed E-state index contributed by atoms with van der Waals surface area (Å²) in [4.78, 5) is 17.2. The number of halogens is 1. The zero-order valence-corrected chi connectivity index (χ0v) is 17.9. The summed E-state index contributed by atoms with van der Waals surface area (Å²) >= 11 is 7.54. The number of aliphatic hydroxyl groups is 1. The predicted octanol–water partition coefficient (Wildman–Crippen LogP) is 5.16. The van der Waals surface area contributed by atoms with E-state index in [1.807, 2.05) is 47.9 Å². The van der Waals surface area contributed by atoms with Gasteiger partial charge >= 0.3 is 5.97 Å². The maximum atomic E-state index is 12.4. The van der Waals surface area contributed by atoms with E-state index >= 15 is 0 Å². The third kappa shape index (κ3) is 3.79. The normalized spacial score (nSPS) is 12.1. The first kappa shape index (κ1) is 20.4. The number of hydrogen-bond donors (Lipinski definition) is 1. The number of fused-ring (bicyclic) bond motifs is 1. The van der Waals surface area contributed by atoms with Gasteiger partial charge in [0, 0.05) is 16.7 Å². The van der Waals surface area contributed by atoms with Gasteiger partial charge in [0.1, 0.15) is 23.2 Å². The maximum Gasteiger partial charge on any atom is 0.351 e. The van der Waals surface area contributed by atoms with Crippen molar-refractivity contribution < 1.29 is 19.4 Å². The number of ether oxygens (including phenoxy) is 2. The summed E-state index contributed by atoms with van der Waals surface area (Å²) in [6, 6.07) is 14.8. The number of benzene rings is 2. The van der Waals surface area contributed by atoms with Crippen LogP contribution in [0.4, 0.5) is 0 Å². The SMILES string of the molecule is COC(=O)c1sc(-n2cnc3ccc(CO)cc32)cc1O[C@H](C)c1ccccc1Cl. The molecule has 0 spiro atoms. The van der Waals surface area contributed by atoms with Crippen LogP contribution in [0.5, 0.6) is 5.75 Å². The van der Waals surface area contributed by atoms with Crippen molar-refractivity contribution in [3.05, 3.63) is 75.9 Å². The van der Waals surface area contributed by atoms with Gasteiger partial charge < -0.3 is 14.6 Å². The van der Waals surface area contributed by atoms with E-state index in [2.05, 4.69) is 4.98 Å². The second-order valence-electron chi connectivity index (χ2n) is 6.65. The Hall–Kier alpha value is -2.87. The van der Waals surface area contributed by atoms with Crippen molar-refractivity contribution in [1.82, 2.24) is 9.55 Å². The number of methoxy groups -OCH3 is 1. The molecule has 0 radical (unpaired) electrons. The number of imidazole rings is 1. The van der Waals surface area contributed by atoms with Gasteiger partial charge in [-0.15, -0.1) is 11.3 Å². The van der Waals surface area contributed by atoms with Crippen LogP contribution < -0.4 is 4.74 Å². The topological polar surface area (TPSA) is 73.6 Å². The van der Waals surface area contributed by atoms with Crippen LogP contribution in [0.3, 0.4) is 0 Å². The Bertz CT molecular complexity index is 1220. The highest BCUT2D eigenvalue weighted by Gasteiger charge is 2.23. The molecule has 1 atom stereocenters. The third-order valence-corrected chi connectivity index (χ3v) is 6.17. The molecule has 4 rings (SSSR count). The fourth-order valence-electron chi connectivity index (χ4n) is 3.19. The molecule has 8 heteroatoms. The van der Waals surface area contributed by atoms with Gasteiger partial charge in [-0.05, 0) is 30.7 Å². The molecule has 0 aliphatic heterocycles. The number of rotatable bonds is 6. The summed E-state index contributed by atoms with van der Waals surface area (Å²) < 4.78 is 12.9. The van der Waals surface area contributed by atoms with E-state index in [1.54, 1.807) is 18.5 Å². The number of esters is 1. The Morgan fingerprint density at radius 3 is 2.80 bits per heavy atom. The number of carbonyl (C=O) groups is 1. The summed E-state index contributed by atoms with van der Waals surface area (Å²) in [5.74, 6) is -0.0671. The number of thiophene rings is 1. The largest absolute Gasteiger partial charge is 0.484 e. The molecular formula is C22H19ClN2O4S. The lowest BCUT2D eigenvalue weighted by Gasteiger charge is -2.16. The molecule has 0 unspecified atom stereocenters. The second kappa shape index (κ2) is 8.47. The smallest absolute Gasteiger partial charge is 0.351 e. The molecule has 0 saturated heterocycles. The zero-order chi connectivity index (χ0) is 21.3. The Balaban J connectivity index is 1.76. The second-order valence-corrected chi connectivity index (χ2v) is 8.08. The van der Waals surface area contributed by atoms with Crippen LogP contribution in [0.1, 0.15) is 33.8 Å². The average molecular weight is 443 g/mol. The first-order valence-corrected chi connectivity index (χ1v) is 10.4. The Morgan fingerprint density at radius 2 is 2.07 bits per heavy atom. The van der Waals surface area contributed by atoms with Gasteiger partial charge in [0.05, 0.1) is 24.8 Å². The quantitative estimate of drug-likeness (QED) is 0.417. The molecule has 0 fully saturated rings. The molecule has 0 amide bonds. The third-order valence-electron chi connectivity index (χ3n) is 4.73. The number of hydrogen-bond acceptors (Lipinski definition) is 6.